The van der Waals surface area contributed by atoms with E-state index in [9.17, 15) is 0 Å². The molecule has 0 bridgehead atoms. The minimum absolute atomic E-state index is 0.455. The predicted molar refractivity (Wildman–Crippen MR) is 72.6 cm³/mol. The van der Waals surface area contributed by atoms with Crippen molar-refractivity contribution in [2.24, 2.45) is 0 Å². The molecule has 0 aliphatic carbocycles. The lowest BCUT2D eigenvalue weighted by atomic mass is 10.2. The van der Waals surface area contributed by atoms with Crippen LogP contribution in [0, 0.1) is 6.92 Å². The van der Waals surface area contributed by atoms with Crippen LogP contribution in [-0.2, 0) is 6.42 Å². The van der Waals surface area contributed by atoms with E-state index < -0.39 is 0 Å². The summed E-state index contributed by atoms with van der Waals surface area (Å²) >= 11 is 9.63. The number of rotatable bonds is 2. The van der Waals surface area contributed by atoms with Gasteiger partial charge in [-0.1, -0.05) is 23.7 Å². The fourth-order valence-corrected chi connectivity index (χ4v) is 2.42. The first-order valence-corrected chi connectivity index (χ1v) is 6.37. The maximum Gasteiger partial charge on any atom is 0.169 e. The second kappa shape index (κ2) is 4.66. The molecule has 1 heterocycles. The molecule has 0 radical (unpaired) electrons. The maximum atomic E-state index is 6.12. The summed E-state index contributed by atoms with van der Waals surface area (Å²) in [5.41, 5.74) is 8.50. The zero-order valence-corrected chi connectivity index (χ0v) is 11.9. The molecule has 0 aliphatic heterocycles. The lowest BCUT2D eigenvalue weighted by Gasteiger charge is -2.09. The van der Waals surface area contributed by atoms with Crippen molar-refractivity contribution in [1.82, 2.24) is 15.0 Å². The number of nitrogen functional groups attached to an aromatic ring is 1. The van der Waals surface area contributed by atoms with Crippen LogP contribution >= 0.6 is 27.5 Å². The molecule has 0 amide bonds. The number of aromatic nitrogens is 3. The summed E-state index contributed by atoms with van der Waals surface area (Å²) in [6, 6.07) is 3.81. The van der Waals surface area contributed by atoms with Gasteiger partial charge in [-0.25, -0.2) is 4.68 Å². The number of nitrogens with zero attached hydrogens (tertiary/aromatic N) is 3. The average Bonchev–Trinajstić information content (AvgIpc) is 2.64. The van der Waals surface area contributed by atoms with Crippen molar-refractivity contribution >= 4 is 33.3 Å². The third-order valence-electron chi connectivity index (χ3n) is 2.58. The van der Waals surface area contributed by atoms with E-state index in [2.05, 4.69) is 26.2 Å². The Morgan fingerprint density at radius 3 is 2.82 bits per heavy atom. The van der Waals surface area contributed by atoms with E-state index in [1.807, 2.05) is 26.0 Å². The van der Waals surface area contributed by atoms with Crippen LogP contribution < -0.4 is 5.73 Å². The zero-order chi connectivity index (χ0) is 12.6. The van der Waals surface area contributed by atoms with Crippen LogP contribution in [0.2, 0.25) is 5.02 Å². The Balaban J connectivity index is 2.64. The SMILES string of the molecule is CCc1c(N)nnn1-c1cc(Cl)c(C)cc1Br. The molecule has 2 aromatic rings. The molecule has 2 rings (SSSR count). The molecule has 0 saturated carbocycles. The van der Waals surface area contributed by atoms with E-state index in [-0.39, 0.29) is 0 Å². The first kappa shape index (κ1) is 12.4. The van der Waals surface area contributed by atoms with Gasteiger partial charge >= 0.3 is 0 Å². The van der Waals surface area contributed by atoms with Gasteiger partial charge in [0.05, 0.1) is 11.4 Å². The summed E-state index contributed by atoms with van der Waals surface area (Å²) in [5, 5.41) is 8.62. The lowest BCUT2D eigenvalue weighted by molar-refractivity contribution is 0.764. The first-order chi connectivity index (χ1) is 8.04. The van der Waals surface area contributed by atoms with Crippen molar-refractivity contribution in [2.45, 2.75) is 20.3 Å². The van der Waals surface area contributed by atoms with Crippen molar-refractivity contribution in [3.05, 3.63) is 32.9 Å². The predicted octanol–water partition coefficient (Wildman–Crippen LogP) is 3.14. The molecule has 0 aliphatic rings. The number of hydrogen-bond acceptors (Lipinski definition) is 3. The fraction of sp³-hybridized carbons (Fsp3) is 0.273. The number of nitrogens with two attached hydrogens (primary N) is 1. The Labute approximate surface area is 113 Å². The quantitative estimate of drug-likeness (QED) is 0.926. The second-order valence-corrected chi connectivity index (χ2v) is 5.00. The molecule has 0 fully saturated rings. The van der Waals surface area contributed by atoms with E-state index in [1.165, 1.54) is 0 Å². The van der Waals surface area contributed by atoms with E-state index in [0.29, 0.717) is 10.8 Å². The Morgan fingerprint density at radius 2 is 2.18 bits per heavy atom. The van der Waals surface area contributed by atoms with Crippen LogP contribution in [0.3, 0.4) is 0 Å². The van der Waals surface area contributed by atoms with Crippen LogP contribution in [0.1, 0.15) is 18.2 Å². The molecule has 4 nitrogen and oxygen atoms in total. The number of hydrogen-bond donors (Lipinski definition) is 1. The third-order valence-corrected chi connectivity index (χ3v) is 3.63. The maximum absolute atomic E-state index is 6.12. The third kappa shape index (κ3) is 2.17. The molecule has 0 atom stereocenters. The number of benzene rings is 1. The van der Waals surface area contributed by atoms with Crippen molar-refractivity contribution in [3.8, 4) is 5.69 Å². The smallest absolute Gasteiger partial charge is 0.169 e. The standard InChI is InChI=1S/C11H12BrClN4/c1-3-9-11(14)15-16-17(9)10-5-8(13)6(2)4-7(10)12/h4-5H,3,14H2,1-2H3. The van der Waals surface area contributed by atoms with Gasteiger partial charge in [-0.05, 0) is 47.0 Å². The summed E-state index contributed by atoms with van der Waals surface area (Å²) < 4.78 is 2.63. The minimum atomic E-state index is 0.455. The molecule has 1 aromatic carbocycles. The highest BCUT2D eigenvalue weighted by atomic mass is 79.9. The molecule has 0 unspecified atom stereocenters. The first-order valence-electron chi connectivity index (χ1n) is 5.20. The van der Waals surface area contributed by atoms with Gasteiger partial charge in [0.1, 0.15) is 0 Å². The zero-order valence-electron chi connectivity index (χ0n) is 9.54. The van der Waals surface area contributed by atoms with Gasteiger partial charge in [-0.2, -0.15) is 0 Å². The largest absolute Gasteiger partial charge is 0.381 e. The Morgan fingerprint density at radius 1 is 1.47 bits per heavy atom. The summed E-state index contributed by atoms with van der Waals surface area (Å²) in [6.07, 6.45) is 0.761. The lowest BCUT2D eigenvalue weighted by Crippen LogP contribution is -2.04. The molecular formula is C11H12BrClN4. The van der Waals surface area contributed by atoms with Gasteiger partial charge in [0.25, 0.3) is 0 Å². The van der Waals surface area contributed by atoms with Crippen LogP contribution in [0.25, 0.3) is 5.69 Å². The summed E-state index contributed by atoms with van der Waals surface area (Å²) in [4.78, 5) is 0. The van der Waals surface area contributed by atoms with Crippen molar-refractivity contribution < 1.29 is 0 Å². The van der Waals surface area contributed by atoms with Gasteiger partial charge in [-0.15, -0.1) is 5.10 Å². The van der Waals surface area contributed by atoms with Gasteiger partial charge < -0.3 is 5.73 Å². The summed E-state index contributed by atoms with van der Waals surface area (Å²) in [5.74, 6) is 0.455. The molecule has 2 N–H and O–H groups in total. The van der Waals surface area contributed by atoms with Crippen LogP contribution in [0.5, 0.6) is 0 Å². The van der Waals surface area contributed by atoms with E-state index in [4.69, 9.17) is 17.3 Å². The van der Waals surface area contributed by atoms with Crippen molar-refractivity contribution in [1.29, 1.82) is 0 Å². The van der Waals surface area contributed by atoms with Gasteiger partial charge in [0.2, 0.25) is 0 Å². The molecule has 1 aromatic heterocycles. The molecule has 0 saturated heterocycles. The Bertz CT molecular complexity index is 565. The molecule has 17 heavy (non-hydrogen) atoms. The van der Waals surface area contributed by atoms with Crippen molar-refractivity contribution in [3.63, 3.8) is 0 Å². The highest BCUT2D eigenvalue weighted by molar-refractivity contribution is 9.10. The topological polar surface area (TPSA) is 56.7 Å². The number of anilines is 1. The van der Waals surface area contributed by atoms with E-state index in [0.717, 1.165) is 27.8 Å². The molecule has 6 heteroatoms. The van der Waals surface area contributed by atoms with E-state index in [1.54, 1.807) is 4.68 Å². The monoisotopic (exact) mass is 314 g/mol. The fourth-order valence-electron chi connectivity index (χ4n) is 1.64. The Hall–Kier alpha value is -1.07. The van der Waals surface area contributed by atoms with Crippen LogP contribution in [0.4, 0.5) is 5.82 Å². The Kier molecular flexibility index (Phi) is 3.40. The average molecular weight is 316 g/mol. The van der Waals surface area contributed by atoms with Crippen LogP contribution in [-0.4, -0.2) is 15.0 Å². The highest BCUT2D eigenvalue weighted by Crippen LogP contribution is 2.29. The van der Waals surface area contributed by atoms with Gasteiger partial charge in [0, 0.05) is 9.50 Å². The van der Waals surface area contributed by atoms with Crippen molar-refractivity contribution in [2.75, 3.05) is 5.73 Å². The van der Waals surface area contributed by atoms with E-state index >= 15 is 0 Å². The molecule has 90 valence electrons. The van der Waals surface area contributed by atoms with Gasteiger partial charge in [-0.3, -0.25) is 0 Å². The number of halogens is 2. The number of aryl methyl sites for hydroxylation is 1. The normalized spacial score (nSPS) is 10.8. The van der Waals surface area contributed by atoms with Crippen LogP contribution in [0.15, 0.2) is 16.6 Å². The summed E-state index contributed by atoms with van der Waals surface area (Å²) in [7, 11) is 0. The minimum Gasteiger partial charge on any atom is -0.381 e. The summed E-state index contributed by atoms with van der Waals surface area (Å²) in [6.45, 7) is 3.96. The second-order valence-electron chi connectivity index (χ2n) is 3.74. The molecular weight excluding hydrogens is 304 g/mol. The van der Waals surface area contributed by atoms with Gasteiger partial charge in [0.15, 0.2) is 5.82 Å². The highest BCUT2D eigenvalue weighted by Gasteiger charge is 2.13. The molecule has 0 spiro atoms.